The number of hydrogen-bond donors (Lipinski definition) is 1. The number of nitrogens with two attached hydrogens (primary N) is 1. The van der Waals surface area contributed by atoms with E-state index in [9.17, 15) is 0 Å². The van der Waals surface area contributed by atoms with Gasteiger partial charge in [-0.25, -0.2) is 0 Å². The van der Waals surface area contributed by atoms with Gasteiger partial charge in [0.1, 0.15) is 0 Å². The van der Waals surface area contributed by atoms with Crippen molar-refractivity contribution in [2.45, 2.75) is 50.2 Å². The highest BCUT2D eigenvalue weighted by Crippen LogP contribution is 2.39. The largest absolute Gasteiger partial charge is 0.329 e. The van der Waals surface area contributed by atoms with Crippen LogP contribution in [-0.4, -0.2) is 54.1 Å². The second-order valence-corrected chi connectivity index (χ2v) is 7.04. The van der Waals surface area contributed by atoms with Gasteiger partial charge in [0.2, 0.25) is 0 Å². The summed E-state index contributed by atoms with van der Waals surface area (Å²) in [6, 6.07) is 12.3. The number of likely N-dealkylation sites (tertiary alicyclic amines) is 1. The summed E-state index contributed by atoms with van der Waals surface area (Å²) in [5, 5.41) is 0. The smallest absolute Gasteiger partial charge is 0.0470 e. The van der Waals surface area contributed by atoms with Crippen molar-refractivity contribution >= 4 is 0 Å². The lowest BCUT2D eigenvalue weighted by atomic mass is 9.94. The molecule has 116 valence electrons. The Bertz CT molecular complexity index is 457. The molecular formula is C18H29N3. The molecule has 3 rings (SSSR count). The van der Waals surface area contributed by atoms with E-state index in [1.807, 2.05) is 0 Å². The molecule has 1 saturated carbocycles. The molecule has 1 aliphatic carbocycles. The van der Waals surface area contributed by atoms with Gasteiger partial charge >= 0.3 is 0 Å². The summed E-state index contributed by atoms with van der Waals surface area (Å²) in [4.78, 5) is 5.23. The van der Waals surface area contributed by atoms with Crippen LogP contribution in [0, 0.1) is 0 Å². The Hall–Kier alpha value is -0.900. The van der Waals surface area contributed by atoms with Crippen molar-refractivity contribution in [1.82, 2.24) is 9.80 Å². The first-order valence-corrected chi connectivity index (χ1v) is 8.35. The van der Waals surface area contributed by atoms with Crippen LogP contribution in [0.5, 0.6) is 0 Å². The molecule has 1 heterocycles. The average Bonchev–Trinajstić information content (AvgIpc) is 3.29. The Kier molecular flexibility index (Phi) is 4.34. The van der Waals surface area contributed by atoms with Gasteiger partial charge in [0, 0.05) is 37.3 Å². The van der Waals surface area contributed by atoms with Crippen LogP contribution in [0.2, 0.25) is 0 Å². The van der Waals surface area contributed by atoms with E-state index in [-0.39, 0.29) is 5.54 Å². The average molecular weight is 287 g/mol. The minimum atomic E-state index is 0.177. The highest BCUT2D eigenvalue weighted by molar-refractivity contribution is 5.15. The van der Waals surface area contributed by atoms with Crippen LogP contribution in [0.1, 0.15) is 31.7 Å². The van der Waals surface area contributed by atoms with Crippen molar-refractivity contribution in [3.63, 3.8) is 0 Å². The fourth-order valence-electron chi connectivity index (χ4n) is 3.88. The minimum absolute atomic E-state index is 0.177. The Labute approximate surface area is 129 Å². The van der Waals surface area contributed by atoms with Crippen molar-refractivity contribution < 1.29 is 0 Å². The highest BCUT2D eigenvalue weighted by atomic mass is 15.3. The molecular weight excluding hydrogens is 258 g/mol. The minimum Gasteiger partial charge on any atom is -0.329 e. The number of rotatable bonds is 6. The van der Waals surface area contributed by atoms with Crippen molar-refractivity contribution in [1.29, 1.82) is 0 Å². The topological polar surface area (TPSA) is 32.5 Å². The quantitative estimate of drug-likeness (QED) is 0.870. The van der Waals surface area contributed by atoms with Crippen LogP contribution in [-0.2, 0) is 6.42 Å². The Balaban J connectivity index is 1.62. The lowest BCUT2D eigenvalue weighted by molar-refractivity contribution is 0.129. The van der Waals surface area contributed by atoms with E-state index in [0.29, 0.717) is 6.04 Å². The van der Waals surface area contributed by atoms with E-state index < -0.39 is 0 Å². The van der Waals surface area contributed by atoms with Crippen LogP contribution in [0.4, 0.5) is 0 Å². The molecule has 0 spiro atoms. The highest BCUT2D eigenvalue weighted by Gasteiger charge is 2.48. The molecule has 0 amide bonds. The molecule has 0 aromatic heterocycles. The molecule has 0 radical (unpaired) electrons. The predicted octanol–water partition coefficient (Wildman–Crippen LogP) is 2.11. The predicted molar refractivity (Wildman–Crippen MR) is 88.4 cm³/mol. The number of benzene rings is 1. The van der Waals surface area contributed by atoms with Crippen molar-refractivity contribution in [3.05, 3.63) is 35.9 Å². The second kappa shape index (κ2) is 6.07. The molecule has 1 aliphatic heterocycles. The summed E-state index contributed by atoms with van der Waals surface area (Å²) in [5.41, 5.74) is 7.81. The maximum absolute atomic E-state index is 6.22. The number of hydrogen-bond acceptors (Lipinski definition) is 3. The Morgan fingerprint density at radius 2 is 2.00 bits per heavy atom. The third kappa shape index (κ3) is 3.15. The zero-order valence-corrected chi connectivity index (χ0v) is 13.5. The molecule has 3 heteroatoms. The summed E-state index contributed by atoms with van der Waals surface area (Å²) >= 11 is 0. The normalized spacial score (nSPS) is 30.2. The maximum Gasteiger partial charge on any atom is 0.0470 e. The lowest BCUT2D eigenvalue weighted by Gasteiger charge is -2.38. The fourth-order valence-corrected chi connectivity index (χ4v) is 3.88. The molecule has 0 bridgehead atoms. The van der Waals surface area contributed by atoms with E-state index in [4.69, 9.17) is 5.73 Å². The standard InChI is InChI=1S/C18H29N3/c1-15-12-18(13-19,14-21(15)17-8-9-17)20(2)11-10-16-6-4-3-5-7-16/h3-7,15,17H,8-14,19H2,1-2H3. The van der Waals surface area contributed by atoms with E-state index in [2.05, 4.69) is 54.1 Å². The molecule has 2 unspecified atom stereocenters. The Morgan fingerprint density at radius 1 is 1.29 bits per heavy atom. The zero-order valence-electron chi connectivity index (χ0n) is 13.5. The molecule has 1 saturated heterocycles. The molecule has 2 atom stereocenters. The maximum atomic E-state index is 6.22. The third-order valence-electron chi connectivity index (χ3n) is 5.50. The van der Waals surface area contributed by atoms with Gasteiger partial charge in [0.25, 0.3) is 0 Å². The summed E-state index contributed by atoms with van der Waals surface area (Å²) in [5.74, 6) is 0. The van der Waals surface area contributed by atoms with Gasteiger partial charge in [-0.15, -0.1) is 0 Å². The SMILES string of the molecule is CC1CC(CN)(N(C)CCc2ccccc2)CN1C1CC1. The Morgan fingerprint density at radius 3 is 2.62 bits per heavy atom. The van der Waals surface area contributed by atoms with E-state index >= 15 is 0 Å². The van der Waals surface area contributed by atoms with Gasteiger partial charge < -0.3 is 5.73 Å². The second-order valence-electron chi connectivity index (χ2n) is 7.04. The van der Waals surface area contributed by atoms with Gasteiger partial charge in [-0.3, -0.25) is 9.80 Å². The van der Waals surface area contributed by atoms with Crippen molar-refractivity contribution in [2.24, 2.45) is 5.73 Å². The van der Waals surface area contributed by atoms with Gasteiger partial charge in [0.05, 0.1) is 0 Å². The summed E-state index contributed by atoms with van der Waals surface area (Å²) in [6.07, 6.45) is 5.10. The first-order valence-electron chi connectivity index (χ1n) is 8.35. The van der Waals surface area contributed by atoms with Crippen LogP contribution < -0.4 is 5.73 Å². The molecule has 2 fully saturated rings. The number of likely N-dealkylation sites (N-methyl/N-ethyl adjacent to an activating group) is 1. The molecule has 2 aliphatic rings. The van der Waals surface area contributed by atoms with Crippen molar-refractivity contribution in [3.8, 4) is 0 Å². The summed E-state index contributed by atoms with van der Waals surface area (Å²) in [6.45, 7) is 5.39. The first kappa shape index (κ1) is 15.0. The van der Waals surface area contributed by atoms with Crippen LogP contribution in [0.25, 0.3) is 0 Å². The molecule has 21 heavy (non-hydrogen) atoms. The number of nitrogens with zero attached hydrogens (tertiary/aromatic N) is 2. The first-order chi connectivity index (χ1) is 10.1. The zero-order chi connectivity index (χ0) is 14.9. The third-order valence-corrected chi connectivity index (χ3v) is 5.50. The van der Waals surface area contributed by atoms with Gasteiger partial charge in [0.15, 0.2) is 0 Å². The monoisotopic (exact) mass is 287 g/mol. The van der Waals surface area contributed by atoms with Crippen LogP contribution in [0.3, 0.4) is 0 Å². The molecule has 1 aromatic carbocycles. The molecule has 3 nitrogen and oxygen atoms in total. The van der Waals surface area contributed by atoms with Gasteiger partial charge in [-0.1, -0.05) is 30.3 Å². The van der Waals surface area contributed by atoms with Gasteiger partial charge in [-0.2, -0.15) is 0 Å². The van der Waals surface area contributed by atoms with Crippen LogP contribution >= 0.6 is 0 Å². The van der Waals surface area contributed by atoms with Crippen molar-refractivity contribution in [2.75, 3.05) is 26.7 Å². The summed E-state index contributed by atoms with van der Waals surface area (Å²) < 4.78 is 0. The van der Waals surface area contributed by atoms with E-state index in [1.54, 1.807) is 0 Å². The van der Waals surface area contributed by atoms with E-state index in [0.717, 1.165) is 32.1 Å². The fraction of sp³-hybridized carbons (Fsp3) is 0.667. The summed E-state index contributed by atoms with van der Waals surface area (Å²) in [7, 11) is 2.26. The molecule has 2 N–H and O–H groups in total. The van der Waals surface area contributed by atoms with Gasteiger partial charge in [-0.05, 0) is 45.2 Å². The van der Waals surface area contributed by atoms with E-state index in [1.165, 1.54) is 24.8 Å². The lowest BCUT2D eigenvalue weighted by Crippen LogP contribution is -2.54. The molecule has 1 aromatic rings. The van der Waals surface area contributed by atoms with Crippen LogP contribution in [0.15, 0.2) is 30.3 Å².